The molecule has 0 unspecified atom stereocenters. The van der Waals surface area contributed by atoms with Crippen molar-refractivity contribution in [1.82, 2.24) is 0 Å². The topological polar surface area (TPSA) is 82.8 Å². The minimum absolute atomic E-state index is 0.0450. The molecule has 0 aliphatic carbocycles. The number of anilines is 4. The highest BCUT2D eigenvalue weighted by atomic mass is 16.1. The van der Waals surface area contributed by atoms with Crippen LogP contribution in [0.2, 0.25) is 0 Å². The van der Waals surface area contributed by atoms with Gasteiger partial charge in [-0.1, -0.05) is 12.1 Å². The molecule has 0 radical (unpaired) electrons. The second kappa shape index (κ2) is 7.15. The molecule has 6 heteroatoms. The van der Waals surface area contributed by atoms with Gasteiger partial charge in [0.15, 0.2) is 0 Å². The number of aliphatic imine (C=N–C) groups is 1. The Balaban J connectivity index is 1.72. The average Bonchev–Trinajstić information content (AvgIpc) is 2.99. The SMILES string of the molecule is CN=CC(=CN)c1ccc2c(c1)CCN2c1cccc2c1NCCC(=O)N2. The first-order valence-electron chi connectivity index (χ1n) is 9.13. The van der Waals surface area contributed by atoms with Gasteiger partial charge in [0.2, 0.25) is 5.91 Å². The van der Waals surface area contributed by atoms with Crippen molar-refractivity contribution in [2.45, 2.75) is 12.8 Å². The number of allylic oxidation sites excluding steroid dienone is 1. The number of nitrogens with zero attached hydrogens (tertiary/aromatic N) is 2. The van der Waals surface area contributed by atoms with Crippen molar-refractivity contribution >= 4 is 40.4 Å². The third-order valence-corrected chi connectivity index (χ3v) is 5.02. The van der Waals surface area contributed by atoms with Gasteiger partial charge in [-0.3, -0.25) is 9.79 Å². The van der Waals surface area contributed by atoms with Crippen LogP contribution in [0.4, 0.5) is 22.7 Å². The fraction of sp³-hybridized carbons (Fsp3) is 0.238. The number of hydrogen-bond donors (Lipinski definition) is 3. The minimum atomic E-state index is 0.0450. The van der Waals surface area contributed by atoms with Crippen LogP contribution in [-0.2, 0) is 11.2 Å². The number of rotatable bonds is 3. The summed E-state index contributed by atoms with van der Waals surface area (Å²) in [5.74, 6) is 0.0450. The molecule has 6 nitrogen and oxygen atoms in total. The van der Waals surface area contributed by atoms with E-state index in [0.29, 0.717) is 13.0 Å². The van der Waals surface area contributed by atoms with Gasteiger partial charge in [-0.2, -0.15) is 0 Å². The van der Waals surface area contributed by atoms with Gasteiger partial charge in [-0.05, 0) is 41.8 Å². The average molecular weight is 361 g/mol. The van der Waals surface area contributed by atoms with Crippen LogP contribution in [0.3, 0.4) is 0 Å². The summed E-state index contributed by atoms with van der Waals surface area (Å²) in [4.78, 5) is 18.3. The molecular weight excluding hydrogens is 338 g/mol. The monoisotopic (exact) mass is 361 g/mol. The van der Waals surface area contributed by atoms with Crippen molar-refractivity contribution in [3.05, 3.63) is 53.7 Å². The Kier molecular flexibility index (Phi) is 4.54. The van der Waals surface area contributed by atoms with Crippen LogP contribution in [0, 0.1) is 0 Å². The van der Waals surface area contributed by atoms with Gasteiger partial charge < -0.3 is 21.3 Å². The van der Waals surface area contributed by atoms with E-state index in [-0.39, 0.29) is 5.91 Å². The zero-order chi connectivity index (χ0) is 18.8. The van der Waals surface area contributed by atoms with Crippen LogP contribution in [0.15, 0.2) is 47.6 Å². The fourth-order valence-corrected chi connectivity index (χ4v) is 3.75. The van der Waals surface area contributed by atoms with Crippen molar-refractivity contribution < 1.29 is 4.79 Å². The van der Waals surface area contributed by atoms with Crippen LogP contribution >= 0.6 is 0 Å². The summed E-state index contributed by atoms with van der Waals surface area (Å²) in [6.45, 7) is 1.53. The van der Waals surface area contributed by atoms with Crippen molar-refractivity contribution in [2.75, 3.05) is 35.7 Å². The third kappa shape index (κ3) is 3.14. The lowest BCUT2D eigenvalue weighted by molar-refractivity contribution is -0.115. The predicted octanol–water partition coefficient (Wildman–Crippen LogP) is 3.14. The summed E-state index contributed by atoms with van der Waals surface area (Å²) in [5.41, 5.74) is 13.1. The molecule has 0 atom stereocenters. The van der Waals surface area contributed by atoms with Gasteiger partial charge in [-0.25, -0.2) is 0 Å². The molecule has 0 bridgehead atoms. The maximum Gasteiger partial charge on any atom is 0.226 e. The Labute approximate surface area is 158 Å². The van der Waals surface area contributed by atoms with E-state index in [1.807, 2.05) is 12.1 Å². The molecule has 4 N–H and O–H groups in total. The van der Waals surface area contributed by atoms with Gasteiger partial charge in [0.05, 0.1) is 17.1 Å². The molecule has 4 rings (SSSR count). The van der Waals surface area contributed by atoms with Crippen LogP contribution in [-0.4, -0.2) is 32.3 Å². The number of benzene rings is 2. The number of nitrogens with two attached hydrogens (primary N) is 1. The predicted molar refractivity (Wildman–Crippen MR) is 112 cm³/mol. The van der Waals surface area contributed by atoms with Gasteiger partial charge in [-0.15, -0.1) is 0 Å². The fourth-order valence-electron chi connectivity index (χ4n) is 3.75. The molecule has 27 heavy (non-hydrogen) atoms. The summed E-state index contributed by atoms with van der Waals surface area (Å²) in [6.07, 6.45) is 4.80. The number of amides is 1. The molecule has 2 aliphatic rings. The van der Waals surface area contributed by atoms with E-state index in [0.717, 1.165) is 41.2 Å². The molecule has 0 saturated carbocycles. The Morgan fingerprint density at radius 2 is 2.11 bits per heavy atom. The summed E-state index contributed by atoms with van der Waals surface area (Å²) in [7, 11) is 1.74. The number of nitrogens with one attached hydrogen (secondary N) is 2. The first-order valence-corrected chi connectivity index (χ1v) is 9.13. The smallest absolute Gasteiger partial charge is 0.226 e. The zero-order valence-electron chi connectivity index (χ0n) is 15.3. The van der Waals surface area contributed by atoms with Gasteiger partial charge in [0.1, 0.15) is 0 Å². The zero-order valence-corrected chi connectivity index (χ0v) is 15.3. The lowest BCUT2D eigenvalue weighted by Gasteiger charge is -2.24. The first-order chi connectivity index (χ1) is 13.2. The standard InChI is InChI=1S/C21H23N5O/c1-23-13-16(12-22)14-5-6-18-15(11-14)8-10-26(18)19-4-2-3-17-21(19)24-9-7-20(27)25-17/h2-6,11-13,24H,7-10,22H2,1H3,(H,25,27). The number of fused-ring (bicyclic) bond motifs is 2. The summed E-state index contributed by atoms with van der Waals surface area (Å²) >= 11 is 0. The molecule has 1 amide bonds. The summed E-state index contributed by atoms with van der Waals surface area (Å²) in [5, 5.41) is 6.41. The number of para-hydroxylation sites is 1. The Bertz CT molecular complexity index is 948. The van der Waals surface area contributed by atoms with Crippen molar-refractivity contribution in [3.63, 3.8) is 0 Å². The van der Waals surface area contributed by atoms with Crippen LogP contribution in [0.5, 0.6) is 0 Å². The Morgan fingerprint density at radius 1 is 1.22 bits per heavy atom. The minimum Gasteiger partial charge on any atom is -0.404 e. The Hall–Kier alpha value is -3.28. The van der Waals surface area contributed by atoms with E-state index in [1.165, 1.54) is 11.3 Å². The van der Waals surface area contributed by atoms with Crippen LogP contribution in [0.25, 0.3) is 5.57 Å². The highest BCUT2D eigenvalue weighted by molar-refractivity contribution is 6.09. The third-order valence-electron chi connectivity index (χ3n) is 5.02. The molecule has 2 aromatic carbocycles. The lowest BCUT2D eigenvalue weighted by Crippen LogP contribution is -2.16. The van der Waals surface area contributed by atoms with E-state index in [4.69, 9.17) is 5.73 Å². The van der Waals surface area contributed by atoms with E-state index in [9.17, 15) is 4.79 Å². The van der Waals surface area contributed by atoms with E-state index in [1.54, 1.807) is 19.5 Å². The van der Waals surface area contributed by atoms with Crippen LogP contribution in [0.1, 0.15) is 17.5 Å². The first kappa shape index (κ1) is 17.1. The van der Waals surface area contributed by atoms with Crippen LogP contribution < -0.4 is 21.3 Å². The largest absolute Gasteiger partial charge is 0.404 e. The van der Waals surface area contributed by atoms with Gasteiger partial charge >= 0.3 is 0 Å². The highest BCUT2D eigenvalue weighted by Gasteiger charge is 2.25. The number of carbonyl (C=O) groups excluding carboxylic acids is 1. The lowest BCUT2D eigenvalue weighted by atomic mass is 10.0. The maximum atomic E-state index is 11.9. The number of carbonyl (C=O) groups is 1. The Morgan fingerprint density at radius 3 is 2.93 bits per heavy atom. The molecule has 2 aromatic rings. The molecule has 0 saturated heterocycles. The van der Waals surface area contributed by atoms with E-state index < -0.39 is 0 Å². The summed E-state index contributed by atoms with van der Waals surface area (Å²) in [6, 6.07) is 12.4. The molecular formula is C21H23N5O. The maximum absolute atomic E-state index is 11.9. The summed E-state index contributed by atoms with van der Waals surface area (Å²) < 4.78 is 0. The molecule has 2 aliphatic heterocycles. The van der Waals surface area contributed by atoms with Crippen molar-refractivity contribution in [3.8, 4) is 0 Å². The molecule has 0 fully saturated rings. The van der Waals surface area contributed by atoms with E-state index >= 15 is 0 Å². The van der Waals surface area contributed by atoms with E-state index in [2.05, 4.69) is 44.8 Å². The van der Waals surface area contributed by atoms with Gasteiger partial charge in [0, 0.05) is 50.2 Å². The molecule has 0 aromatic heterocycles. The molecule has 2 heterocycles. The molecule has 138 valence electrons. The second-order valence-electron chi connectivity index (χ2n) is 6.68. The molecule has 0 spiro atoms. The highest BCUT2D eigenvalue weighted by Crippen LogP contribution is 2.42. The van der Waals surface area contributed by atoms with Gasteiger partial charge in [0.25, 0.3) is 0 Å². The second-order valence-corrected chi connectivity index (χ2v) is 6.68. The number of hydrogen-bond acceptors (Lipinski definition) is 5. The quantitative estimate of drug-likeness (QED) is 0.734. The van der Waals surface area contributed by atoms with Crippen molar-refractivity contribution in [2.24, 2.45) is 10.7 Å². The normalized spacial score (nSPS) is 16.6. The van der Waals surface area contributed by atoms with Crippen molar-refractivity contribution in [1.29, 1.82) is 0 Å².